The van der Waals surface area contributed by atoms with Crippen LogP contribution in [0.4, 0.5) is 5.69 Å². The van der Waals surface area contributed by atoms with Crippen LogP contribution in [0.15, 0.2) is 76.3 Å². The zero-order chi connectivity index (χ0) is 26.4. The lowest BCUT2D eigenvalue weighted by molar-refractivity contribution is -0.120. The van der Waals surface area contributed by atoms with Crippen molar-refractivity contribution in [3.05, 3.63) is 83.4 Å². The van der Waals surface area contributed by atoms with Gasteiger partial charge in [-0.25, -0.2) is 4.21 Å². The van der Waals surface area contributed by atoms with E-state index in [1.165, 1.54) is 16.9 Å². The number of H-pyrrole nitrogens is 1. The lowest BCUT2D eigenvalue weighted by Gasteiger charge is -2.35. The number of fused-ring (bicyclic) bond motifs is 1. The fourth-order valence-corrected chi connectivity index (χ4v) is 7.35. The summed E-state index contributed by atoms with van der Waals surface area (Å²) >= 11 is 3.12. The van der Waals surface area contributed by atoms with Crippen LogP contribution < -0.4 is 9.62 Å². The number of carbonyl (C=O) groups is 1. The van der Waals surface area contributed by atoms with Crippen LogP contribution in [0, 0.1) is 0 Å². The van der Waals surface area contributed by atoms with Crippen LogP contribution >= 0.6 is 23.1 Å². The average molecular weight is 558 g/mol. The second-order valence-corrected chi connectivity index (χ2v) is 12.9. The van der Waals surface area contributed by atoms with Crippen molar-refractivity contribution in [3.63, 3.8) is 0 Å². The molecular formula is C27H31N3O4S3. The summed E-state index contributed by atoms with van der Waals surface area (Å²) in [5, 5.41) is 5.83. The summed E-state index contributed by atoms with van der Waals surface area (Å²) in [7, 11) is 3.65. The van der Waals surface area contributed by atoms with Gasteiger partial charge in [-0.05, 0) is 36.1 Å². The van der Waals surface area contributed by atoms with Gasteiger partial charge >= 0.3 is 0 Å². The Bertz CT molecular complexity index is 1340. The molecule has 2 atom stereocenters. The van der Waals surface area contributed by atoms with Gasteiger partial charge in [0, 0.05) is 39.0 Å². The van der Waals surface area contributed by atoms with E-state index in [2.05, 4.69) is 22.4 Å². The van der Waals surface area contributed by atoms with Gasteiger partial charge in [0.05, 0.1) is 16.0 Å². The summed E-state index contributed by atoms with van der Waals surface area (Å²) in [6.07, 6.45) is -0.517. The normalized spacial score (nSPS) is 14.0. The molecular weight excluding hydrogens is 527 g/mol. The molecule has 0 saturated carbocycles. The highest BCUT2D eigenvalue weighted by Crippen LogP contribution is 2.34. The van der Waals surface area contributed by atoms with Crippen molar-refractivity contribution in [1.29, 1.82) is 0 Å². The highest BCUT2D eigenvalue weighted by molar-refractivity contribution is 8.00. The quantitative estimate of drug-likeness (QED) is 0.227. The van der Waals surface area contributed by atoms with Crippen LogP contribution in [-0.4, -0.2) is 53.9 Å². The number of nitrogens with one attached hydrogen (secondary N) is 2. The number of anilines is 1. The van der Waals surface area contributed by atoms with E-state index in [0.29, 0.717) is 12.2 Å². The number of thiophene rings is 1. The van der Waals surface area contributed by atoms with E-state index in [9.17, 15) is 9.00 Å². The molecule has 0 radical (unpaired) electrons. The first-order valence-corrected chi connectivity index (χ1v) is 14.7. The second-order valence-electron chi connectivity index (χ2n) is 8.68. The van der Waals surface area contributed by atoms with E-state index >= 15 is 0 Å². The number of amides is 1. The Kier molecular flexibility index (Phi) is 9.09. The number of rotatable bonds is 12. The molecule has 2 N–H and O–H groups in total. The second kappa shape index (κ2) is 12.3. The summed E-state index contributed by atoms with van der Waals surface area (Å²) in [6, 6.07) is 21.4. The Morgan fingerprint density at radius 1 is 1.14 bits per heavy atom. The van der Waals surface area contributed by atoms with Crippen molar-refractivity contribution < 1.29 is 18.5 Å². The molecule has 4 aromatic rings. The topological polar surface area (TPSA) is 83.7 Å². The number of hydrogen-bond donors (Lipinski definition) is 2. The Balaban J connectivity index is 1.51. The zero-order valence-electron chi connectivity index (χ0n) is 21.2. The maximum Gasteiger partial charge on any atom is 0.267 e. The molecule has 2 aromatic carbocycles. The Morgan fingerprint density at radius 2 is 1.89 bits per heavy atom. The van der Waals surface area contributed by atoms with Crippen molar-refractivity contribution in [1.82, 2.24) is 10.3 Å². The SMILES string of the molecule is COC(OC)C(C)(CNC(=O)c1cc2cccc(N(C)S(=O)c3cccs3)c2[nH]1)SCc1ccccc1. The van der Waals surface area contributed by atoms with Crippen molar-refractivity contribution in [2.75, 3.05) is 32.1 Å². The lowest BCUT2D eigenvalue weighted by Crippen LogP contribution is -2.48. The third-order valence-corrected chi connectivity index (χ3v) is 10.1. The summed E-state index contributed by atoms with van der Waals surface area (Å²) in [5.41, 5.74) is 3.13. The maximum atomic E-state index is 13.2. The van der Waals surface area contributed by atoms with Gasteiger partial charge in [0.1, 0.15) is 9.90 Å². The van der Waals surface area contributed by atoms with Gasteiger partial charge in [-0.2, -0.15) is 0 Å². The highest BCUT2D eigenvalue weighted by atomic mass is 32.2. The van der Waals surface area contributed by atoms with E-state index in [-0.39, 0.29) is 5.91 Å². The van der Waals surface area contributed by atoms with Crippen LogP contribution in [0.25, 0.3) is 10.9 Å². The number of thioether (sulfide) groups is 1. The van der Waals surface area contributed by atoms with Gasteiger partial charge in [-0.3, -0.25) is 9.10 Å². The zero-order valence-corrected chi connectivity index (χ0v) is 23.7. The van der Waals surface area contributed by atoms with E-state index in [4.69, 9.17) is 9.47 Å². The van der Waals surface area contributed by atoms with E-state index in [1.807, 2.05) is 66.9 Å². The number of para-hydroxylation sites is 1. The molecule has 2 heterocycles. The average Bonchev–Trinajstić information content (AvgIpc) is 3.61. The molecule has 0 fully saturated rings. The third kappa shape index (κ3) is 6.27. The number of carbonyl (C=O) groups excluding carboxylic acids is 1. The molecule has 0 aliphatic carbocycles. The molecule has 4 rings (SSSR count). The van der Waals surface area contributed by atoms with Crippen molar-refractivity contribution in [2.24, 2.45) is 0 Å². The molecule has 10 heteroatoms. The Hall–Kier alpha value is -2.63. The van der Waals surface area contributed by atoms with Crippen LogP contribution in [0.1, 0.15) is 23.0 Å². The maximum absolute atomic E-state index is 13.2. The van der Waals surface area contributed by atoms with Gasteiger partial charge in [0.15, 0.2) is 17.3 Å². The first kappa shape index (κ1) is 27.4. The predicted molar refractivity (Wildman–Crippen MR) is 154 cm³/mol. The molecule has 0 saturated heterocycles. The lowest BCUT2D eigenvalue weighted by atomic mass is 10.1. The van der Waals surface area contributed by atoms with Crippen LogP contribution in [0.3, 0.4) is 0 Å². The highest BCUT2D eigenvalue weighted by Gasteiger charge is 2.36. The molecule has 2 aromatic heterocycles. The number of benzene rings is 2. The number of aromatic amines is 1. The van der Waals surface area contributed by atoms with E-state index < -0.39 is 22.0 Å². The summed E-state index contributed by atoms with van der Waals surface area (Å²) < 4.78 is 26.2. The van der Waals surface area contributed by atoms with Crippen LogP contribution in [0.2, 0.25) is 0 Å². The monoisotopic (exact) mass is 557 g/mol. The van der Waals surface area contributed by atoms with Gasteiger partial charge in [0.2, 0.25) is 0 Å². The number of aromatic nitrogens is 1. The molecule has 2 unspecified atom stereocenters. The van der Waals surface area contributed by atoms with Crippen molar-refractivity contribution in [2.45, 2.75) is 27.9 Å². The Labute approximate surface area is 228 Å². The Morgan fingerprint density at radius 3 is 2.57 bits per heavy atom. The first-order chi connectivity index (χ1) is 17.9. The fourth-order valence-electron chi connectivity index (χ4n) is 4.08. The van der Waals surface area contributed by atoms with Gasteiger partial charge in [-0.1, -0.05) is 48.5 Å². The number of hydrogen-bond acceptors (Lipinski definition) is 6. The van der Waals surface area contributed by atoms with Crippen LogP contribution in [-0.2, 0) is 26.2 Å². The van der Waals surface area contributed by atoms with Gasteiger partial charge in [0.25, 0.3) is 5.91 Å². The van der Waals surface area contributed by atoms with E-state index in [0.717, 1.165) is 26.6 Å². The van der Waals surface area contributed by atoms with Gasteiger partial charge < -0.3 is 19.8 Å². The van der Waals surface area contributed by atoms with Crippen molar-refractivity contribution >= 4 is 56.6 Å². The minimum Gasteiger partial charge on any atom is -0.354 e. The first-order valence-electron chi connectivity index (χ1n) is 11.7. The smallest absolute Gasteiger partial charge is 0.267 e. The molecule has 0 spiro atoms. The third-order valence-electron chi connectivity index (χ3n) is 6.07. The molecule has 0 bridgehead atoms. The minimum absolute atomic E-state index is 0.235. The molecule has 7 nitrogen and oxygen atoms in total. The van der Waals surface area contributed by atoms with E-state index in [1.54, 1.807) is 37.3 Å². The number of ether oxygens (including phenoxy) is 2. The molecule has 196 valence electrons. The van der Waals surface area contributed by atoms with Gasteiger partial charge in [-0.15, -0.1) is 23.1 Å². The molecule has 0 aliphatic heterocycles. The number of nitrogens with zero attached hydrogens (tertiary/aromatic N) is 1. The van der Waals surface area contributed by atoms with Crippen LogP contribution in [0.5, 0.6) is 0 Å². The largest absolute Gasteiger partial charge is 0.354 e. The summed E-state index contributed by atoms with van der Waals surface area (Å²) in [6.45, 7) is 2.36. The molecule has 37 heavy (non-hydrogen) atoms. The minimum atomic E-state index is -1.35. The fraction of sp³-hybridized carbons (Fsp3) is 0.296. The standard InChI is InChI=1S/C27H31N3O4S3/c1-27(26(33-3)34-4,36-17-19-10-6-5-7-11-19)18-28-25(31)21-16-20-12-8-13-22(24(20)29-21)30(2)37(32)23-14-9-15-35-23/h5-16,26,29H,17-18H2,1-4H3,(H,28,31). The number of methoxy groups -OCH3 is 2. The molecule has 1 amide bonds. The summed E-state index contributed by atoms with van der Waals surface area (Å²) in [4.78, 5) is 16.5. The molecule has 0 aliphatic rings. The van der Waals surface area contributed by atoms with Crippen molar-refractivity contribution in [3.8, 4) is 0 Å². The predicted octanol–water partition coefficient (Wildman–Crippen LogP) is 5.43. The summed E-state index contributed by atoms with van der Waals surface area (Å²) in [5.74, 6) is 0.515.